The fourth-order valence-corrected chi connectivity index (χ4v) is 1.84. The van der Waals surface area contributed by atoms with Gasteiger partial charge in [-0.2, -0.15) is 4.98 Å². The molecule has 0 unspecified atom stereocenters. The highest BCUT2D eigenvalue weighted by atomic mass is 35.5. The lowest BCUT2D eigenvalue weighted by atomic mass is 10.3. The topological polar surface area (TPSA) is 100 Å². The Morgan fingerprint density at radius 2 is 2.17 bits per heavy atom. The zero-order valence-electron chi connectivity index (χ0n) is 8.72. The molecule has 18 heavy (non-hydrogen) atoms. The zero-order chi connectivity index (χ0) is 12.9. The maximum absolute atomic E-state index is 11.5. The molecule has 0 aliphatic heterocycles. The van der Waals surface area contributed by atoms with Crippen molar-refractivity contribution in [2.45, 2.75) is 0 Å². The Hall–Kier alpha value is -2.41. The van der Waals surface area contributed by atoms with E-state index in [1.54, 1.807) is 18.2 Å². The second-order valence-corrected chi connectivity index (χ2v) is 4.02. The molecule has 2 heterocycles. The van der Waals surface area contributed by atoms with Crippen molar-refractivity contribution in [3.8, 4) is 0 Å². The predicted octanol–water partition coefficient (Wildman–Crippen LogP) is 0.922. The molecule has 0 aliphatic rings. The monoisotopic (exact) mass is 264 g/mol. The number of fused-ring (bicyclic) bond motifs is 3. The van der Waals surface area contributed by atoms with Crippen LogP contribution in [0.3, 0.4) is 0 Å². The second kappa shape index (κ2) is 3.54. The molecule has 3 aromatic rings. The summed E-state index contributed by atoms with van der Waals surface area (Å²) < 4.78 is 1.30. The predicted molar refractivity (Wildman–Crippen MR) is 63.1 cm³/mol. The smallest absolute Gasteiger partial charge is 0.360 e. The Labute approximate surface area is 104 Å². The first-order valence-electron chi connectivity index (χ1n) is 4.87. The van der Waals surface area contributed by atoms with E-state index in [0.717, 1.165) is 0 Å². The molecule has 0 radical (unpaired) electrons. The average molecular weight is 265 g/mol. The summed E-state index contributed by atoms with van der Waals surface area (Å²) >= 11 is 5.85. The fraction of sp³-hybridized carbons (Fsp3) is 0. The minimum Gasteiger partial charge on any atom is -0.476 e. The first kappa shape index (κ1) is 10.7. The standard InChI is InChI=1S/C10H5ClN4O3/c11-4-1-2-5-6(3-4)15-10(12-5)13-7(9(17)18)8(16)14-15/h1-3H,(H,14,16)(H,17,18). The van der Waals surface area contributed by atoms with Gasteiger partial charge in [0.1, 0.15) is 0 Å². The molecular formula is C10H5ClN4O3. The highest BCUT2D eigenvalue weighted by Gasteiger charge is 2.15. The molecule has 0 amide bonds. The number of carboxylic acids is 1. The molecule has 3 rings (SSSR count). The number of rotatable bonds is 1. The summed E-state index contributed by atoms with van der Waals surface area (Å²) in [6, 6.07) is 4.91. The van der Waals surface area contributed by atoms with Crippen molar-refractivity contribution in [2.24, 2.45) is 0 Å². The highest BCUT2D eigenvalue weighted by Crippen LogP contribution is 2.18. The molecule has 0 fully saturated rings. The molecule has 2 N–H and O–H groups in total. The van der Waals surface area contributed by atoms with Crippen LogP contribution in [-0.2, 0) is 0 Å². The summed E-state index contributed by atoms with van der Waals surface area (Å²) in [4.78, 5) is 30.1. The third-order valence-corrected chi connectivity index (χ3v) is 2.68. The summed E-state index contributed by atoms with van der Waals surface area (Å²) in [5, 5.41) is 11.7. The van der Waals surface area contributed by atoms with E-state index in [1.807, 2.05) is 0 Å². The van der Waals surface area contributed by atoms with Crippen molar-refractivity contribution >= 4 is 34.4 Å². The Morgan fingerprint density at radius 3 is 2.89 bits per heavy atom. The minimum absolute atomic E-state index is 0.101. The zero-order valence-corrected chi connectivity index (χ0v) is 9.47. The van der Waals surface area contributed by atoms with Gasteiger partial charge in [-0.3, -0.25) is 9.89 Å². The van der Waals surface area contributed by atoms with Crippen LogP contribution < -0.4 is 5.56 Å². The number of aromatic nitrogens is 4. The third kappa shape index (κ3) is 1.45. The van der Waals surface area contributed by atoms with Crippen molar-refractivity contribution in [1.82, 2.24) is 19.6 Å². The lowest BCUT2D eigenvalue weighted by Crippen LogP contribution is -2.22. The first-order chi connectivity index (χ1) is 8.56. The maximum atomic E-state index is 11.5. The molecule has 0 spiro atoms. The Balaban J connectivity index is 2.48. The molecule has 0 bridgehead atoms. The van der Waals surface area contributed by atoms with Crippen molar-refractivity contribution in [3.05, 3.63) is 39.3 Å². The molecule has 0 atom stereocenters. The van der Waals surface area contributed by atoms with E-state index in [0.29, 0.717) is 16.1 Å². The van der Waals surface area contributed by atoms with Crippen LogP contribution in [0.4, 0.5) is 0 Å². The number of hydrogen-bond donors (Lipinski definition) is 2. The summed E-state index contributed by atoms with van der Waals surface area (Å²) in [6.07, 6.45) is 0. The summed E-state index contributed by atoms with van der Waals surface area (Å²) in [5.74, 6) is -1.30. The largest absolute Gasteiger partial charge is 0.476 e. The number of halogens is 1. The number of aromatic carboxylic acids is 1. The molecule has 8 heteroatoms. The van der Waals surface area contributed by atoms with Crippen molar-refractivity contribution < 1.29 is 9.90 Å². The fourth-order valence-electron chi connectivity index (χ4n) is 1.67. The number of nitrogens with zero attached hydrogens (tertiary/aromatic N) is 3. The van der Waals surface area contributed by atoms with Gasteiger partial charge in [0.2, 0.25) is 5.69 Å². The number of aromatic amines is 1. The Kier molecular flexibility index (Phi) is 2.11. The molecule has 0 saturated carbocycles. The van der Waals surface area contributed by atoms with E-state index >= 15 is 0 Å². The van der Waals surface area contributed by atoms with Crippen molar-refractivity contribution in [2.75, 3.05) is 0 Å². The van der Waals surface area contributed by atoms with Crippen LogP contribution in [0, 0.1) is 0 Å². The first-order valence-corrected chi connectivity index (χ1v) is 5.25. The van der Waals surface area contributed by atoms with Gasteiger partial charge in [-0.1, -0.05) is 11.6 Å². The van der Waals surface area contributed by atoms with Crippen LogP contribution in [0.1, 0.15) is 10.5 Å². The minimum atomic E-state index is -1.40. The van der Waals surface area contributed by atoms with Gasteiger partial charge in [-0.05, 0) is 18.2 Å². The van der Waals surface area contributed by atoms with E-state index in [9.17, 15) is 9.59 Å². The Bertz CT molecular complexity index is 851. The van der Waals surface area contributed by atoms with Gasteiger partial charge >= 0.3 is 5.97 Å². The molecule has 7 nitrogen and oxygen atoms in total. The molecule has 1 aromatic carbocycles. The SMILES string of the molecule is O=C(O)c1nc2nc3ccc(Cl)cc3n2[nH]c1=O. The van der Waals surface area contributed by atoms with E-state index in [1.165, 1.54) is 4.52 Å². The lowest BCUT2D eigenvalue weighted by Gasteiger charge is -1.96. The lowest BCUT2D eigenvalue weighted by molar-refractivity contribution is 0.0688. The van der Waals surface area contributed by atoms with Gasteiger partial charge in [-0.15, -0.1) is 0 Å². The van der Waals surface area contributed by atoms with E-state index in [-0.39, 0.29) is 5.78 Å². The number of hydrogen-bond acceptors (Lipinski definition) is 4. The molecule has 90 valence electrons. The summed E-state index contributed by atoms with van der Waals surface area (Å²) in [5.41, 5.74) is -0.276. The van der Waals surface area contributed by atoms with Gasteiger partial charge in [-0.25, -0.2) is 14.3 Å². The van der Waals surface area contributed by atoms with E-state index in [4.69, 9.17) is 16.7 Å². The highest BCUT2D eigenvalue weighted by molar-refractivity contribution is 6.31. The summed E-state index contributed by atoms with van der Waals surface area (Å²) in [7, 11) is 0. The maximum Gasteiger partial charge on any atom is 0.360 e. The van der Waals surface area contributed by atoms with Crippen LogP contribution >= 0.6 is 11.6 Å². The summed E-state index contributed by atoms with van der Waals surface area (Å²) in [6.45, 7) is 0. The van der Waals surface area contributed by atoms with Crippen LogP contribution in [0.5, 0.6) is 0 Å². The molecule has 2 aromatic heterocycles. The van der Waals surface area contributed by atoms with Gasteiger partial charge in [0.25, 0.3) is 11.3 Å². The van der Waals surface area contributed by atoms with Crippen LogP contribution in [0.25, 0.3) is 16.8 Å². The van der Waals surface area contributed by atoms with Crippen molar-refractivity contribution in [1.29, 1.82) is 0 Å². The van der Waals surface area contributed by atoms with Gasteiger partial charge in [0.15, 0.2) is 0 Å². The van der Waals surface area contributed by atoms with E-state index in [2.05, 4.69) is 15.1 Å². The van der Waals surface area contributed by atoms with E-state index < -0.39 is 17.2 Å². The average Bonchev–Trinajstić information content (AvgIpc) is 2.65. The number of H-pyrrole nitrogens is 1. The molecular weight excluding hydrogens is 260 g/mol. The van der Waals surface area contributed by atoms with Gasteiger partial charge < -0.3 is 5.11 Å². The third-order valence-electron chi connectivity index (χ3n) is 2.44. The molecule has 0 saturated heterocycles. The van der Waals surface area contributed by atoms with Crippen LogP contribution in [0.15, 0.2) is 23.0 Å². The van der Waals surface area contributed by atoms with Gasteiger partial charge in [0.05, 0.1) is 11.0 Å². The number of carboxylic acid groups (broad SMARTS) is 1. The Morgan fingerprint density at radius 1 is 1.39 bits per heavy atom. The normalized spacial score (nSPS) is 11.2. The number of imidazole rings is 1. The number of benzene rings is 1. The van der Waals surface area contributed by atoms with Gasteiger partial charge in [0, 0.05) is 5.02 Å². The molecule has 0 aliphatic carbocycles. The van der Waals surface area contributed by atoms with Crippen LogP contribution in [0.2, 0.25) is 5.02 Å². The number of nitrogens with one attached hydrogen (secondary N) is 1. The quantitative estimate of drug-likeness (QED) is 0.681. The second-order valence-electron chi connectivity index (χ2n) is 3.59. The number of carbonyl (C=O) groups is 1. The van der Waals surface area contributed by atoms with Crippen LogP contribution in [-0.4, -0.2) is 30.7 Å². The van der Waals surface area contributed by atoms with Crippen molar-refractivity contribution in [3.63, 3.8) is 0 Å².